The number of hydrogen-bond acceptors (Lipinski definition) is 7. The summed E-state index contributed by atoms with van der Waals surface area (Å²) in [5.74, 6) is -0.569. The van der Waals surface area contributed by atoms with Crippen molar-refractivity contribution in [2.45, 2.75) is 64.4 Å². The van der Waals surface area contributed by atoms with Gasteiger partial charge in [-0.1, -0.05) is 81.8 Å². The molecule has 2 aromatic rings. The maximum Gasteiger partial charge on any atom is 0.335 e. The highest BCUT2D eigenvalue weighted by Crippen LogP contribution is 2.34. The van der Waals surface area contributed by atoms with Crippen molar-refractivity contribution >= 4 is 11.9 Å². The second-order valence-electron chi connectivity index (χ2n) is 10.7. The molecule has 1 heterocycles. The number of carbonyl (C=O) groups is 2. The van der Waals surface area contributed by atoms with Crippen molar-refractivity contribution < 1.29 is 34.0 Å². The van der Waals surface area contributed by atoms with Crippen LogP contribution in [0.25, 0.3) is 11.1 Å². The Kier molecular flexibility index (Phi) is 13.3. The van der Waals surface area contributed by atoms with Gasteiger partial charge in [-0.05, 0) is 53.0 Å². The van der Waals surface area contributed by atoms with E-state index in [2.05, 4.69) is 56.5 Å². The summed E-state index contributed by atoms with van der Waals surface area (Å²) in [6, 6.07) is 14.6. The van der Waals surface area contributed by atoms with Crippen LogP contribution in [0.4, 0.5) is 0 Å². The van der Waals surface area contributed by atoms with Gasteiger partial charge in [0.2, 0.25) is 0 Å². The summed E-state index contributed by atoms with van der Waals surface area (Å²) in [6.45, 7) is 9.45. The Morgan fingerprint density at radius 2 is 1.44 bits per heavy atom. The number of carbonyl (C=O) groups excluding carboxylic acids is 2. The first-order valence-corrected chi connectivity index (χ1v) is 14.6. The fourth-order valence-corrected chi connectivity index (χ4v) is 4.94. The molecule has 1 fully saturated rings. The summed E-state index contributed by atoms with van der Waals surface area (Å²) in [4.78, 5) is 23.8. The Hall–Kier alpha value is -3.26. The van der Waals surface area contributed by atoms with Gasteiger partial charge in [0, 0.05) is 12.8 Å². The van der Waals surface area contributed by atoms with Crippen molar-refractivity contribution in [1.29, 1.82) is 0 Å². The van der Waals surface area contributed by atoms with E-state index in [9.17, 15) is 9.59 Å². The van der Waals surface area contributed by atoms with Crippen molar-refractivity contribution in [2.24, 2.45) is 5.92 Å². The lowest BCUT2D eigenvalue weighted by atomic mass is 9.90. The van der Waals surface area contributed by atoms with E-state index in [-0.39, 0.29) is 30.5 Å². The maximum absolute atomic E-state index is 11.9. The highest BCUT2D eigenvalue weighted by molar-refractivity contribution is 5.88. The number of hydrogen-bond donors (Lipinski definition) is 2. The van der Waals surface area contributed by atoms with Gasteiger partial charge >= 0.3 is 11.9 Å². The van der Waals surface area contributed by atoms with Gasteiger partial charge in [-0.25, -0.2) is 9.59 Å². The van der Waals surface area contributed by atoms with E-state index in [1.807, 2.05) is 6.07 Å². The number of esters is 2. The lowest BCUT2D eigenvalue weighted by molar-refractivity contribution is -0.140. The Morgan fingerprint density at radius 1 is 0.854 bits per heavy atom. The van der Waals surface area contributed by atoms with Gasteiger partial charge in [-0.15, -0.1) is 0 Å². The van der Waals surface area contributed by atoms with E-state index >= 15 is 0 Å². The molecule has 7 nitrogen and oxygen atoms in total. The number of benzene rings is 2. The fourth-order valence-electron chi connectivity index (χ4n) is 4.94. The average molecular weight is 565 g/mol. The fraction of sp³-hybridized carbons (Fsp3) is 0.471. The highest BCUT2D eigenvalue weighted by atomic mass is 16.5. The minimum absolute atomic E-state index is 0.0137. The molecule has 0 aliphatic carbocycles. The Balaban J connectivity index is 1.69. The van der Waals surface area contributed by atoms with Gasteiger partial charge in [0.15, 0.2) is 0 Å². The Morgan fingerprint density at radius 3 is 1.93 bits per heavy atom. The van der Waals surface area contributed by atoms with Crippen LogP contribution in [0.5, 0.6) is 0 Å². The molecule has 2 aromatic carbocycles. The molecule has 2 N–H and O–H groups in total. The average Bonchev–Trinajstić information content (AvgIpc) is 3.00. The quantitative estimate of drug-likeness (QED) is 0.154. The third-order valence-electron chi connectivity index (χ3n) is 7.46. The molecule has 1 aliphatic heterocycles. The lowest BCUT2D eigenvalue weighted by Gasteiger charge is -2.29. The summed E-state index contributed by atoms with van der Waals surface area (Å²) in [5, 5.41) is 18.2. The molecule has 0 bridgehead atoms. The SMILES string of the molecule is C=C(CO)C(=O)OCCc1cc(CCOC(=O)C(=C)CO)cc(-c2ccc(C3CCC(CCCCC)CO3)cc2)c1. The zero-order chi connectivity index (χ0) is 29.6. The first-order chi connectivity index (χ1) is 19.8. The molecular weight excluding hydrogens is 520 g/mol. The van der Waals surface area contributed by atoms with Crippen LogP contribution < -0.4 is 0 Å². The standard InChI is InChI=1S/C34H44O7/c1-4-5-6-7-26-8-13-32(41-23-26)30-11-9-29(10-12-30)31-19-27(14-16-39-33(37)24(2)21-35)18-28(20-31)15-17-40-34(38)25(3)22-36/h9-12,18-20,26,32,35-36H,2-8,13-17,21-23H2,1H3. The van der Waals surface area contributed by atoms with Crippen LogP contribution >= 0.6 is 0 Å². The molecule has 0 spiro atoms. The van der Waals surface area contributed by atoms with Crippen LogP contribution in [-0.2, 0) is 36.6 Å². The van der Waals surface area contributed by atoms with Crippen LogP contribution in [0.1, 0.15) is 68.2 Å². The molecule has 2 unspecified atom stereocenters. The van der Waals surface area contributed by atoms with Gasteiger partial charge in [0.05, 0.1) is 50.3 Å². The molecular formula is C34H44O7. The van der Waals surface area contributed by atoms with E-state index in [1.54, 1.807) is 0 Å². The zero-order valence-corrected chi connectivity index (χ0v) is 24.2. The lowest BCUT2D eigenvalue weighted by Crippen LogP contribution is -2.20. The van der Waals surface area contributed by atoms with Crippen molar-refractivity contribution in [1.82, 2.24) is 0 Å². The molecule has 3 rings (SSSR count). The number of ether oxygens (including phenoxy) is 3. The van der Waals surface area contributed by atoms with E-state index in [0.717, 1.165) is 35.3 Å². The molecule has 41 heavy (non-hydrogen) atoms. The molecule has 7 heteroatoms. The van der Waals surface area contributed by atoms with Gasteiger partial charge < -0.3 is 24.4 Å². The molecule has 0 aromatic heterocycles. The van der Waals surface area contributed by atoms with Gasteiger partial charge in [-0.3, -0.25) is 0 Å². The molecule has 1 saturated heterocycles. The topological polar surface area (TPSA) is 102 Å². The first-order valence-electron chi connectivity index (χ1n) is 14.6. The molecule has 222 valence electrons. The molecule has 0 amide bonds. The molecule has 1 aliphatic rings. The monoisotopic (exact) mass is 564 g/mol. The highest BCUT2D eigenvalue weighted by Gasteiger charge is 2.22. The second-order valence-corrected chi connectivity index (χ2v) is 10.7. The molecule has 2 atom stereocenters. The van der Waals surface area contributed by atoms with Gasteiger partial charge in [0.25, 0.3) is 0 Å². The predicted octanol–water partition coefficient (Wildman–Crippen LogP) is 5.67. The zero-order valence-electron chi connectivity index (χ0n) is 24.2. The minimum Gasteiger partial charge on any atom is -0.462 e. The summed E-state index contributed by atoms with van der Waals surface area (Å²) < 4.78 is 16.7. The van der Waals surface area contributed by atoms with Gasteiger partial charge in [-0.2, -0.15) is 0 Å². The number of unbranched alkanes of at least 4 members (excludes halogenated alkanes) is 2. The second kappa shape index (κ2) is 16.9. The normalized spacial score (nSPS) is 16.7. The minimum atomic E-state index is -0.618. The molecule has 0 saturated carbocycles. The number of rotatable bonds is 16. The van der Waals surface area contributed by atoms with Gasteiger partial charge in [0.1, 0.15) is 0 Å². The maximum atomic E-state index is 11.9. The van der Waals surface area contributed by atoms with Crippen molar-refractivity contribution in [3.63, 3.8) is 0 Å². The van der Waals surface area contributed by atoms with E-state index in [1.165, 1.54) is 37.7 Å². The number of aliphatic hydroxyl groups is 2. The first kappa shape index (κ1) is 32.3. The van der Waals surface area contributed by atoms with Crippen LogP contribution in [0.2, 0.25) is 0 Å². The third-order valence-corrected chi connectivity index (χ3v) is 7.46. The van der Waals surface area contributed by atoms with Crippen LogP contribution in [0.15, 0.2) is 66.8 Å². The summed E-state index contributed by atoms with van der Waals surface area (Å²) in [6.07, 6.45) is 8.38. The Bertz CT molecular complexity index is 1110. The summed E-state index contributed by atoms with van der Waals surface area (Å²) >= 11 is 0. The van der Waals surface area contributed by atoms with Crippen molar-refractivity contribution in [3.8, 4) is 11.1 Å². The van der Waals surface area contributed by atoms with E-state index < -0.39 is 25.2 Å². The Labute approximate surface area is 243 Å². The van der Waals surface area contributed by atoms with Crippen molar-refractivity contribution in [3.05, 3.63) is 83.5 Å². The number of aliphatic hydroxyl groups excluding tert-OH is 2. The molecule has 0 radical (unpaired) electrons. The smallest absolute Gasteiger partial charge is 0.335 e. The summed E-state index contributed by atoms with van der Waals surface area (Å²) in [7, 11) is 0. The van der Waals surface area contributed by atoms with E-state index in [4.69, 9.17) is 24.4 Å². The van der Waals surface area contributed by atoms with Crippen molar-refractivity contribution in [2.75, 3.05) is 33.0 Å². The van der Waals surface area contributed by atoms with Crippen LogP contribution in [-0.4, -0.2) is 55.2 Å². The largest absolute Gasteiger partial charge is 0.462 e. The van der Waals surface area contributed by atoms with Crippen LogP contribution in [0.3, 0.4) is 0 Å². The van der Waals surface area contributed by atoms with Crippen LogP contribution in [0, 0.1) is 5.92 Å². The van der Waals surface area contributed by atoms with E-state index in [0.29, 0.717) is 18.8 Å². The predicted molar refractivity (Wildman–Crippen MR) is 159 cm³/mol. The summed E-state index contributed by atoms with van der Waals surface area (Å²) in [5.41, 5.74) is 5.17. The third kappa shape index (κ3) is 10.3.